The zero-order valence-corrected chi connectivity index (χ0v) is 5.85. The van der Waals surface area contributed by atoms with Gasteiger partial charge in [0.2, 0.25) is 5.82 Å². The van der Waals surface area contributed by atoms with Crippen LogP contribution in [-0.4, -0.2) is 12.3 Å². The maximum atomic E-state index is 12.8. The van der Waals surface area contributed by atoms with Gasteiger partial charge in [-0.25, -0.2) is 0 Å². The average Bonchev–Trinajstić information content (AvgIpc) is 2.30. The van der Waals surface area contributed by atoms with E-state index < -0.39 is 5.82 Å². The smallest absolute Gasteiger partial charge is 0.290 e. The Hall–Kier alpha value is -1.06. The lowest BCUT2D eigenvalue weighted by Crippen LogP contribution is -1.86. The number of nitrogens with zero attached hydrogens (tertiary/aromatic N) is 1. The number of methoxy groups -OCH3 is 1. The third-order valence-corrected chi connectivity index (χ3v) is 1.19. The van der Waals surface area contributed by atoms with Crippen molar-refractivity contribution in [3.05, 3.63) is 11.6 Å². The summed E-state index contributed by atoms with van der Waals surface area (Å²) in [5.74, 6) is -0.335. The molecule has 0 aromatic carbocycles. The van der Waals surface area contributed by atoms with Crippen LogP contribution < -0.4 is 4.74 Å². The lowest BCUT2D eigenvalue weighted by atomic mass is 10.3. The predicted octanol–water partition coefficient (Wildman–Crippen LogP) is 1.38. The minimum atomic E-state index is -0.495. The molecule has 0 spiro atoms. The normalized spacial score (nSPS) is 9.90. The molecule has 0 radical (unpaired) electrons. The monoisotopic (exact) mass is 145 g/mol. The van der Waals surface area contributed by atoms with Crippen molar-refractivity contribution in [2.45, 2.75) is 13.3 Å². The van der Waals surface area contributed by atoms with Crippen molar-refractivity contribution in [3.63, 3.8) is 0 Å². The summed E-state index contributed by atoms with van der Waals surface area (Å²) in [5, 5.41) is 3.33. The van der Waals surface area contributed by atoms with Gasteiger partial charge in [-0.15, -0.1) is 0 Å². The Morgan fingerprint density at radius 2 is 2.40 bits per heavy atom. The molecule has 1 aromatic heterocycles. The van der Waals surface area contributed by atoms with Crippen molar-refractivity contribution in [3.8, 4) is 5.88 Å². The molecule has 0 saturated heterocycles. The zero-order valence-electron chi connectivity index (χ0n) is 5.85. The molecule has 0 fully saturated rings. The van der Waals surface area contributed by atoms with Gasteiger partial charge < -0.3 is 9.26 Å². The van der Waals surface area contributed by atoms with E-state index >= 15 is 0 Å². The summed E-state index contributed by atoms with van der Waals surface area (Å²) in [4.78, 5) is 0. The first-order valence-corrected chi connectivity index (χ1v) is 2.97. The number of hydrogen-bond acceptors (Lipinski definition) is 3. The summed E-state index contributed by atoms with van der Waals surface area (Å²) < 4.78 is 21.9. The summed E-state index contributed by atoms with van der Waals surface area (Å²) in [5.41, 5.74) is 0. The minimum absolute atomic E-state index is 0.0724. The van der Waals surface area contributed by atoms with Gasteiger partial charge in [0.25, 0.3) is 5.88 Å². The summed E-state index contributed by atoms with van der Waals surface area (Å²) in [6.45, 7) is 1.78. The minimum Gasteiger partial charge on any atom is -0.477 e. The van der Waals surface area contributed by atoms with Crippen molar-refractivity contribution < 1.29 is 13.7 Å². The second kappa shape index (κ2) is 2.68. The van der Waals surface area contributed by atoms with Gasteiger partial charge in [0, 0.05) is 6.42 Å². The molecular formula is C6H8FNO2. The van der Waals surface area contributed by atoms with Crippen molar-refractivity contribution in [2.75, 3.05) is 7.11 Å². The highest BCUT2D eigenvalue weighted by atomic mass is 19.1. The fourth-order valence-electron chi connectivity index (χ4n) is 0.643. The van der Waals surface area contributed by atoms with E-state index in [9.17, 15) is 4.39 Å². The molecule has 1 heterocycles. The molecule has 56 valence electrons. The van der Waals surface area contributed by atoms with Gasteiger partial charge in [-0.05, 0) is 5.16 Å². The number of hydrogen-bond donors (Lipinski definition) is 0. The van der Waals surface area contributed by atoms with Crippen LogP contribution in [0.15, 0.2) is 4.52 Å². The van der Waals surface area contributed by atoms with E-state index in [1.807, 2.05) is 0 Å². The Bertz CT molecular complexity index is 200. The fourth-order valence-corrected chi connectivity index (χ4v) is 0.643. The van der Waals surface area contributed by atoms with Gasteiger partial charge in [0.15, 0.2) is 5.76 Å². The standard InChI is InChI=1S/C6H8FNO2/c1-3-4-5(7)6(9-2)8-10-4/h3H2,1-2H3. The Morgan fingerprint density at radius 3 is 2.70 bits per heavy atom. The molecule has 0 unspecified atom stereocenters. The molecule has 4 heteroatoms. The lowest BCUT2D eigenvalue weighted by Gasteiger charge is -1.87. The van der Waals surface area contributed by atoms with Crippen LogP contribution in [0.4, 0.5) is 4.39 Å². The lowest BCUT2D eigenvalue weighted by molar-refractivity contribution is 0.326. The van der Waals surface area contributed by atoms with Gasteiger partial charge in [0.05, 0.1) is 7.11 Å². The van der Waals surface area contributed by atoms with E-state index in [2.05, 4.69) is 14.4 Å². The fraction of sp³-hybridized carbons (Fsp3) is 0.500. The quantitative estimate of drug-likeness (QED) is 0.630. The number of aryl methyl sites for hydroxylation is 1. The van der Waals surface area contributed by atoms with Crippen LogP contribution >= 0.6 is 0 Å². The predicted molar refractivity (Wildman–Crippen MR) is 32.4 cm³/mol. The van der Waals surface area contributed by atoms with Gasteiger partial charge in [-0.3, -0.25) is 0 Å². The first kappa shape index (κ1) is 7.05. The molecule has 0 bridgehead atoms. The van der Waals surface area contributed by atoms with Gasteiger partial charge >= 0.3 is 0 Å². The van der Waals surface area contributed by atoms with Crippen LogP contribution in [0.5, 0.6) is 5.88 Å². The molecule has 1 aromatic rings. The van der Waals surface area contributed by atoms with Crippen LogP contribution in [-0.2, 0) is 6.42 Å². The van der Waals surface area contributed by atoms with E-state index in [1.165, 1.54) is 7.11 Å². The molecule has 0 saturated carbocycles. The summed E-state index contributed by atoms with van der Waals surface area (Å²) >= 11 is 0. The zero-order chi connectivity index (χ0) is 7.56. The molecule has 0 amide bonds. The molecule has 1 rings (SSSR count). The van der Waals surface area contributed by atoms with E-state index in [0.717, 1.165) is 0 Å². The van der Waals surface area contributed by atoms with E-state index in [0.29, 0.717) is 6.42 Å². The molecule has 0 atom stereocenters. The maximum absolute atomic E-state index is 12.8. The van der Waals surface area contributed by atoms with Crippen LogP contribution in [0.25, 0.3) is 0 Å². The Kier molecular flexibility index (Phi) is 1.89. The van der Waals surface area contributed by atoms with Crippen molar-refractivity contribution in [2.24, 2.45) is 0 Å². The summed E-state index contributed by atoms with van der Waals surface area (Å²) in [7, 11) is 1.35. The van der Waals surface area contributed by atoms with Crippen LogP contribution in [0.2, 0.25) is 0 Å². The van der Waals surface area contributed by atoms with E-state index in [-0.39, 0.29) is 11.6 Å². The summed E-state index contributed by atoms with van der Waals surface area (Å²) in [6, 6.07) is 0. The second-order valence-electron chi connectivity index (χ2n) is 1.78. The van der Waals surface area contributed by atoms with Crippen molar-refractivity contribution in [1.82, 2.24) is 5.16 Å². The number of aromatic nitrogens is 1. The Balaban J connectivity index is 2.97. The first-order valence-electron chi connectivity index (χ1n) is 2.97. The Morgan fingerprint density at radius 1 is 1.70 bits per heavy atom. The van der Waals surface area contributed by atoms with E-state index in [4.69, 9.17) is 0 Å². The average molecular weight is 145 g/mol. The molecule has 0 aliphatic heterocycles. The molecule has 10 heavy (non-hydrogen) atoms. The highest BCUT2D eigenvalue weighted by molar-refractivity contribution is 5.14. The molecular weight excluding hydrogens is 137 g/mol. The molecule has 3 nitrogen and oxygen atoms in total. The van der Waals surface area contributed by atoms with Crippen molar-refractivity contribution in [1.29, 1.82) is 0 Å². The molecule has 0 aliphatic carbocycles. The topological polar surface area (TPSA) is 35.3 Å². The third kappa shape index (κ3) is 0.964. The largest absolute Gasteiger partial charge is 0.477 e. The van der Waals surface area contributed by atoms with Crippen LogP contribution in [0.1, 0.15) is 12.7 Å². The van der Waals surface area contributed by atoms with E-state index in [1.54, 1.807) is 6.92 Å². The number of halogens is 1. The molecule has 0 aliphatic rings. The van der Waals surface area contributed by atoms with Crippen molar-refractivity contribution >= 4 is 0 Å². The second-order valence-corrected chi connectivity index (χ2v) is 1.78. The first-order chi connectivity index (χ1) is 4.79. The Labute approximate surface area is 57.8 Å². The SMILES string of the molecule is CCc1onc(OC)c1F. The highest BCUT2D eigenvalue weighted by Gasteiger charge is 2.13. The number of rotatable bonds is 2. The highest BCUT2D eigenvalue weighted by Crippen LogP contribution is 2.18. The molecule has 0 N–H and O–H groups in total. The van der Waals surface area contributed by atoms with Gasteiger partial charge in [-0.1, -0.05) is 6.92 Å². The summed E-state index contributed by atoms with van der Waals surface area (Å²) in [6.07, 6.45) is 0.488. The van der Waals surface area contributed by atoms with Crippen LogP contribution in [0.3, 0.4) is 0 Å². The van der Waals surface area contributed by atoms with Gasteiger partial charge in [0.1, 0.15) is 0 Å². The van der Waals surface area contributed by atoms with Gasteiger partial charge in [-0.2, -0.15) is 4.39 Å². The maximum Gasteiger partial charge on any atom is 0.290 e. The number of ether oxygens (including phenoxy) is 1. The van der Waals surface area contributed by atoms with Crippen LogP contribution in [0, 0.1) is 5.82 Å². The third-order valence-electron chi connectivity index (χ3n) is 1.19.